The molecule has 5 aromatic rings. The molecule has 2 aromatic carbocycles. The van der Waals surface area contributed by atoms with Gasteiger partial charge in [-0.1, -0.05) is 24.3 Å². The number of anilines is 2. The standard InChI is InChI=1S/C24H18N4O2S2/c25-19-13-17(21-4-2-12-31-21)9-10-20(19)27-22(29)16-7-5-15(6-8-16)14-28-24(30)18-3-1-11-26-23(18)32-28/h1-13H,14,25H2,(H,27,29). The quantitative estimate of drug-likeness (QED) is 0.360. The van der Waals surface area contributed by atoms with Gasteiger partial charge in [0.05, 0.1) is 23.3 Å². The second-order valence-corrected chi connectivity index (χ2v) is 9.18. The second kappa shape index (κ2) is 8.41. The third-order valence-corrected chi connectivity index (χ3v) is 7.01. The number of nitrogens with zero attached hydrogens (tertiary/aromatic N) is 2. The molecular weight excluding hydrogens is 440 g/mol. The fourth-order valence-corrected chi connectivity index (χ4v) is 5.09. The molecule has 0 radical (unpaired) electrons. The first-order valence-corrected chi connectivity index (χ1v) is 11.5. The lowest BCUT2D eigenvalue weighted by molar-refractivity contribution is 0.102. The molecule has 0 atom stereocenters. The van der Waals surface area contributed by atoms with Crippen LogP contribution in [-0.4, -0.2) is 14.8 Å². The van der Waals surface area contributed by atoms with Crippen molar-refractivity contribution in [1.29, 1.82) is 0 Å². The molecule has 0 spiro atoms. The number of thiophene rings is 1. The number of carbonyl (C=O) groups is 1. The highest BCUT2D eigenvalue weighted by Gasteiger charge is 2.11. The summed E-state index contributed by atoms with van der Waals surface area (Å²) in [5, 5.41) is 5.51. The predicted octanol–water partition coefficient (Wildman–Crippen LogP) is 5.07. The molecule has 0 saturated heterocycles. The molecule has 0 aliphatic rings. The van der Waals surface area contributed by atoms with E-state index >= 15 is 0 Å². The van der Waals surface area contributed by atoms with Crippen LogP contribution in [0.5, 0.6) is 0 Å². The van der Waals surface area contributed by atoms with Crippen molar-refractivity contribution < 1.29 is 4.79 Å². The molecule has 5 rings (SSSR count). The number of hydrogen-bond donors (Lipinski definition) is 2. The monoisotopic (exact) mass is 458 g/mol. The molecule has 0 aliphatic carbocycles. The molecule has 158 valence electrons. The number of fused-ring (bicyclic) bond motifs is 1. The van der Waals surface area contributed by atoms with Gasteiger partial charge in [0.15, 0.2) is 0 Å². The molecule has 0 unspecified atom stereocenters. The highest BCUT2D eigenvalue weighted by atomic mass is 32.1. The van der Waals surface area contributed by atoms with Gasteiger partial charge >= 0.3 is 0 Å². The van der Waals surface area contributed by atoms with Gasteiger partial charge in [0.25, 0.3) is 11.5 Å². The minimum atomic E-state index is -0.240. The number of nitrogens with one attached hydrogen (secondary N) is 1. The van der Waals surface area contributed by atoms with Gasteiger partial charge in [0.2, 0.25) is 0 Å². The Balaban J connectivity index is 1.30. The van der Waals surface area contributed by atoms with Crippen molar-refractivity contribution in [3.05, 3.63) is 99.8 Å². The van der Waals surface area contributed by atoms with Gasteiger partial charge in [-0.3, -0.25) is 13.5 Å². The lowest BCUT2D eigenvalue weighted by Gasteiger charge is -2.10. The third-order valence-electron chi connectivity index (χ3n) is 5.07. The van der Waals surface area contributed by atoms with E-state index in [1.807, 2.05) is 47.8 Å². The van der Waals surface area contributed by atoms with Crippen LogP contribution in [0.25, 0.3) is 20.7 Å². The number of pyridine rings is 1. The molecule has 32 heavy (non-hydrogen) atoms. The van der Waals surface area contributed by atoms with Crippen molar-refractivity contribution >= 4 is 50.4 Å². The van der Waals surface area contributed by atoms with E-state index in [0.717, 1.165) is 20.8 Å². The van der Waals surface area contributed by atoms with Crippen LogP contribution in [0.1, 0.15) is 15.9 Å². The first kappa shape index (κ1) is 20.2. The topological polar surface area (TPSA) is 90.0 Å². The Hall–Kier alpha value is -3.75. The summed E-state index contributed by atoms with van der Waals surface area (Å²) in [6, 6.07) is 20.4. The van der Waals surface area contributed by atoms with Crippen LogP contribution in [0.4, 0.5) is 11.4 Å². The van der Waals surface area contributed by atoms with Crippen molar-refractivity contribution in [2.24, 2.45) is 0 Å². The van der Waals surface area contributed by atoms with E-state index in [1.165, 1.54) is 11.5 Å². The summed E-state index contributed by atoms with van der Waals surface area (Å²) in [4.78, 5) is 31.3. The first-order valence-electron chi connectivity index (χ1n) is 9.87. The molecule has 6 nitrogen and oxygen atoms in total. The number of nitrogens with two attached hydrogens (primary N) is 1. The Kier molecular flexibility index (Phi) is 5.30. The van der Waals surface area contributed by atoms with Crippen molar-refractivity contribution in [3.8, 4) is 10.4 Å². The maximum absolute atomic E-state index is 12.7. The zero-order chi connectivity index (χ0) is 22.1. The third kappa shape index (κ3) is 3.93. The molecule has 1 amide bonds. The summed E-state index contributed by atoms with van der Waals surface area (Å²) in [7, 11) is 0. The van der Waals surface area contributed by atoms with Crippen LogP contribution in [0.2, 0.25) is 0 Å². The summed E-state index contributed by atoms with van der Waals surface area (Å²) in [6.07, 6.45) is 1.68. The number of benzene rings is 2. The van der Waals surface area contributed by atoms with E-state index in [1.54, 1.807) is 45.8 Å². The Morgan fingerprint density at radius 1 is 1.06 bits per heavy atom. The van der Waals surface area contributed by atoms with Gasteiger partial charge in [-0.2, -0.15) is 0 Å². The summed E-state index contributed by atoms with van der Waals surface area (Å²) in [5.41, 5.74) is 9.66. The SMILES string of the molecule is Nc1cc(-c2cccs2)ccc1NC(=O)c1ccc(Cn2sc3ncccc3c2=O)cc1. The Morgan fingerprint density at radius 3 is 2.62 bits per heavy atom. The highest BCUT2D eigenvalue weighted by molar-refractivity contribution is 7.13. The molecule has 8 heteroatoms. The fourth-order valence-electron chi connectivity index (χ4n) is 3.41. The average molecular weight is 459 g/mol. The fraction of sp³-hybridized carbons (Fsp3) is 0.0417. The van der Waals surface area contributed by atoms with Gasteiger partial charge in [-0.05, 0) is 70.5 Å². The Bertz CT molecular complexity index is 1470. The Morgan fingerprint density at radius 2 is 1.91 bits per heavy atom. The number of hydrogen-bond acceptors (Lipinski definition) is 6. The number of nitrogen functional groups attached to an aromatic ring is 1. The number of amides is 1. The van der Waals surface area contributed by atoms with Crippen molar-refractivity contribution in [3.63, 3.8) is 0 Å². The van der Waals surface area contributed by atoms with Gasteiger partial charge in [0.1, 0.15) is 4.83 Å². The van der Waals surface area contributed by atoms with Crippen molar-refractivity contribution in [2.75, 3.05) is 11.1 Å². The minimum Gasteiger partial charge on any atom is -0.397 e. The van der Waals surface area contributed by atoms with E-state index in [2.05, 4.69) is 10.3 Å². The summed E-state index contributed by atoms with van der Waals surface area (Å²) >= 11 is 2.97. The van der Waals surface area contributed by atoms with Crippen molar-refractivity contribution in [2.45, 2.75) is 6.54 Å². The lowest BCUT2D eigenvalue weighted by Crippen LogP contribution is -2.15. The maximum atomic E-state index is 12.7. The molecule has 0 aliphatic heterocycles. The van der Waals surface area contributed by atoms with Gasteiger partial charge < -0.3 is 11.1 Å². The van der Waals surface area contributed by atoms with Gasteiger partial charge in [-0.25, -0.2) is 4.98 Å². The van der Waals surface area contributed by atoms with Crippen LogP contribution in [0.3, 0.4) is 0 Å². The van der Waals surface area contributed by atoms with E-state index in [9.17, 15) is 9.59 Å². The Labute approximate surface area is 191 Å². The molecule has 3 N–H and O–H groups in total. The molecule has 0 saturated carbocycles. The maximum Gasteiger partial charge on any atom is 0.270 e. The summed E-state index contributed by atoms with van der Waals surface area (Å²) in [6.45, 7) is 0.429. The summed E-state index contributed by atoms with van der Waals surface area (Å²) < 4.78 is 1.67. The van der Waals surface area contributed by atoms with Crippen LogP contribution in [0.15, 0.2) is 83.1 Å². The van der Waals surface area contributed by atoms with Crippen LogP contribution in [-0.2, 0) is 6.54 Å². The van der Waals surface area contributed by atoms with E-state index in [-0.39, 0.29) is 11.5 Å². The predicted molar refractivity (Wildman–Crippen MR) is 132 cm³/mol. The largest absolute Gasteiger partial charge is 0.397 e. The second-order valence-electron chi connectivity index (χ2n) is 7.22. The molecule has 0 bridgehead atoms. The molecule has 3 aromatic heterocycles. The average Bonchev–Trinajstić information content (AvgIpc) is 3.45. The van der Waals surface area contributed by atoms with Crippen molar-refractivity contribution in [1.82, 2.24) is 8.94 Å². The lowest BCUT2D eigenvalue weighted by atomic mass is 10.1. The smallest absolute Gasteiger partial charge is 0.270 e. The first-order chi connectivity index (χ1) is 15.6. The number of aromatic nitrogens is 2. The zero-order valence-electron chi connectivity index (χ0n) is 16.8. The molecule has 3 heterocycles. The van der Waals surface area contributed by atoms with Crippen LogP contribution < -0.4 is 16.6 Å². The van der Waals surface area contributed by atoms with Gasteiger partial charge in [0, 0.05) is 16.6 Å². The van der Waals surface area contributed by atoms with E-state index < -0.39 is 0 Å². The molecule has 0 fully saturated rings. The zero-order valence-corrected chi connectivity index (χ0v) is 18.5. The van der Waals surface area contributed by atoms with E-state index in [0.29, 0.717) is 28.9 Å². The van der Waals surface area contributed by atoms with E-state index in [4.69, 9.17) is 5.73 Å². The molecular formula is C24H18N4O2S2. The minimum absolute atomic E-state index is 0.0543. The van der Waals surface area contributed by atoms with Crippen LogP contribution in [0, 0.1) is 0 Å². The summed E-state index contributed by atoms with van der Waals surface area (Å²) in [5.74, 6) is -0.240. The number of rotatable bonds is 5. The highest BCUT2D eigenvalue weighted by Crippen LogP contribution is 2.30. The van der Waals surface area contributed by atoms with Gasteiger partial charge in [-0.15, -0.1) is 11.3 Å². The number of carbonyl (C=O) groups excluding carboxylic acids is 1. The van der Waals surface area contributed by atoms with Crippen LogP contribution >= 0.6 is 22.9 Å². The normalized spacial score (nSPS) is 11.0.